The molecule has 27 atom stereocenters. The van der Waals surface area contributed by atoms with Crippen molar-refractivity contribution in [2.24, 2.45) is 46.3 Å². The standard InChI is InChI=1S/C46H76O20/c1-19(18-60-41-37(56)34(53)32(51)27(15-47)62-41)8-11-46(59-5)20(2)31-26(66-46)14-25-23-7-6-21-12-22(13-30(50)45(21,4)24(23)9-10-44(25,31)3)61-42-39(58)36(55)40(29(17-49)64-42)65-43-38(57)35(54)33(52)28(16-48)63-43/h6,19-20,22-43,47-58H,7-18H2,1-5H3/t19?,20-,22?,23?,24?,25?,26?,27+,28+,29+,30?,31?,32+,33+,34-,35+,36-,37+,38+,39+,40-,41+,42+,43-,44?,45?,46?/m0/s1. The molecule has 4 saturated heterocycles. The monoisotopic (exact) mass is 948 g/mol. The quantitative estimate of drug-likeness (QED) is 0.0820. The van der Waals surface area contributed by atoms with Gasteiger partial charge in [-0.1, -0.05) is 39.3 Å². The van der Waals surface area contributed by atoms with Crippen LogP contribution in [0.2, 0.25) is 0 Å². The Morgan fingerprint density at radius 2 is 1.32 bits per heavy atom. The smallest absolute Gasteiger partial charge is 0.187 e. The van der Waals surface area contributed by atoms with Gasteiger partial charge in [-0.3, -0.25) is 0 Å². The molecule has 3 saturated carbocycles. The van der Waals surface area contributed by atoms with Crippen molar-refractivity contribution in [2.75, 3.05) is 33.5 Å². The molecule has 0 radical (unpaired) electrons. The summed E-state index contributed by atoms with van der Waals surface area (Å²) in [6, 6.07) is 0. The fraction of sp³-hybridized carbons (Fsp3) is 0.957. The van der Waals surface area contributed by atoms with Crippen LogP contribution in [-0.4, -0.2) is 211 Å². The third kappa shape index (κ3) is 8.66. The number of ether oxygens (including phenoxy) is 8. The van der Waals surface area contributed by atoms with E-state index in [0.29, 0.717) is 31.1 Å². The summed E-state index contributed by atoms with van der Waals surface area (Å²) < 4.78 is 48.0. The maximum absolute atomic E-state index is 12.1. The molecule has 8 aliphatic rings. The Hall–Kier alpha value is -1.06. The Morgan fingerprint density at radius 1 is 0.727 bits per heavy atom. The van der Waals surface area contributed by atoms with E-state index in [4.69, 9.17) is 37.9 Å². The first-order valence-electron chi connectivity index (χ1n) is 24.0. The Labute approximate surface area is 385 Å². The summed E-state index contributed by atoms with van der Waals surface area (Å²) >= 11 is 0. The third-order valence-corrected chi connectivity index (χ3v) is 17.8. The Balaban J connectivity index is 0.879. The highest BCUT2D eigenvalue weighted by Gasteiger charge is 2.69. The molecule has 66 heavy (non-hydrogen) atoms. The van der Waals surface area contributed by atoms with E-state index in [1.165, 1.54) is 0 Å². The highest BCUT2D eigenvalue weighted by molar-refractivity contribution is 5.28. The predicted molar refractivity (Wildman–Crippen MR) is 225 cm³/mol. The van der Waals surface area contributed by atoms with Gasteiger partial charge in [0.05, 0.1) is 44.7 Å². The molecule has 0 aromatic rings. The first kappa shape index (κ1) is 51.3. The molecule has 0 bridgehead atoms. The average molecular weight is 949 g/mol. The number of aliphatic hydroxyl groups is 12. The Bertz CT molecular complexity index is 1670. The molecule has 0 amide bonds. The summed E-state index contributed by atoms with van der Waals surface area (Å²) in [5.41, 5.74) is 0.525. The van der Waals surface area contributed by atoms with Crippen LogP contribution in [-0.2, 0) is 37.9 Å². The highest BCUT2D eigenvalue weighted by atomic mass is 16.7. The Morgan fingerprint density at radius 3 is 1.95 bits per heavy atom. The molecule has 4 aliphatic carbocycles. The van der Waals surface area contributed by atoms with Crippen LogP contribution < -0.4 is 0 Å². The number of methoxy groups -OCH3 is 1. The van der Waals surface area contributed by atoms with E-state index in [1.54, 1.807) is 7.11 Å². The predicted octanol–water partition coefficient (Wildman–Crippen LogP) is -2.23. The summed E-state index contributed by atoms with van der Waals surface area (Å²) in [5.74, 6) is 0.391. The molecule has 8 rings (SSSR count). The Kier molecular flexibility index (Phi) is 15.4. The van der Waals surface area contributed by atoms with Gasteiger partial charge >= 0.3 is 0 Å². The second-order valence-electron chi connectivity index (χ2n) is 21.3. The number of aliphatic hydroxyl groups excluding tert-OH is 12. The third-order valence-electron chi connectivity index (χ3n) is 17.8. The summed E-state index contributed by atoms with van der Waals surface area (Å²) in [6.45, 7) is 7.10. The van der Waals surface area contributed by atoms with Crippen molar-refractivity contribution in [2.45, 2.75) is 195 Å². The molecule has 380 valence electrons. The number of rotatable bonds is 14. The number of fused-ring (bicyclic) bond motifs is 7. The largest absolute Gasteiger partial charge is 0.394 e. The van der Waals surface area contributed by atoms with E-state index in [9.17, 15) is 61.3 Å². The zero-order chi connectivity index (χ0) is 47.8. The lowest BCUT2D eigenvalue weighted by Gasteiger charge is -2.60. The van der Waals surface area contributed by atoms with Crippen LogP contribution in [0, 0.1) is 46.3 Å². The number of allylic oxidation sites excluding steroid dienone is 1. The van der Waals surface area contributed by atoms with Gasteiger partial charge in [0.15, 0.2) is 24.7 Å². The van der Waals surface area contributed by atoms with Crippen molar-refractivity contribution in [3.8, 4) is 0 Å². The summed E-state index contributed by atoms with van der Waals surface area (Å²) in [5, 5.41) is 126. The zero-order valence-electron chi connectivity index (χ0n) is 38.6. The van der Waals surface area contributed by atoms with Gasteiger partial charge in [-0.25, -0.2) is 0 Å². The molecule has 11 unspecified atom stereocenters. The van der Waals surface area contributed by atoms with Gasteiger partial charge in [0.1, 0.15) is 73.2 Å². The molecular weight excluding hydrogens is 872 g/mol. The normalized spacial score (nSPS) is 54.2. The first-order valence-corrected chi connectivity index (χ1v) is 24.0. The lowest BCUT2D eigenvalue weighted by Crippen LogP contribution is -2.65. The van der Waals surface area contributed by atoms with E-state index in [2.05, 4.69) is 26.8 Å². The minimum atomic E-state index is -1.78. The maximum Gasteiger partial charge on any atom is 0.187 e. The molecule has 0 spiro atoms. The average Bonchev–Trinajstić information content (AvgIpc) is 3.76. The van der Waals surface area contributed by atoms with Crippen LogP contribution in [0.1, 0.15) is 79.1 Å². The van der Waals surface area contributed by atoms with Crippen molar-refractivity contribution in [3.63, 3.8) is 0 Å². The van der Waals surface area contributed by atoms with Crippen molar-refractivity contribution in [1.82, 2.24) is 0 Å². The summed E-state index contributed by atoms with van der Waals surface area (Å²) in [4.78, 5) is 0. The highest BCUT2D eigenvalue weighted by Crippen LogP contribution is 2.70. The molecule has 12 N–H and O–H groups in total. The fourth-order valence-electron chi connectivity index (χ4n) is 13.9. The van der Waals surface area contributed by atoms with E-state index in [-0.39, 0.29) is 48.2 Å². The topological polar surface area (TPSA) is 317 Å². The van der Waals surface area contributed by atoms with E-state index in [1.807, 2.05) is 6.92 Å². The summed E-state index contributed by atoms with van der Waals surface area (Å²) in [6.07, 6.45) is -15.8. The molecule has 20 nitrogen and oxygen atoms in total. The van der Waals surface area contributed by atoms with Gasteiger partial charge < -0.3 is 99.2 Å². The molecular formula is C46H76O20. The van der Waals surface area contributed by atoms with Gasteiger partial charge in [-0.05, 0) is 73.5 Å². The molecule has 4 heterocycles. The van der Waals surface area contributed by atoms with Gasteiger partial charge in [0.25, 0.3) is 0 Å². The minimum absolute atomic E-state index is 0.000279. The second-order valence-corrected chi connectivity index (χ2v) is 21.3. The van der Waals surface area contributed by atoms with Crippen molar-refractivity contribution in [3.05, 3.63) is 11.6 Å². The zero-order valence-corrected chi connectivity index (χ0v) is 38.6. The molecule has 20 heteroatoms. The molecule has 0 aromatic carbocycles. The second kappa shape index (κ2) is 19.9. The van der Waals surface area contributed by atoms with Crippen LogP contribution in [0.5, 0.6) is 0 Å². The van der Waals surface area contributed by atoms with E-state index in [0.717, 1.165) is 31.3 Å². The lowest BCUT2D eigenvalue weighted by atomic mass is 9.46. The minimum Gasteiger partial charge on any atom is -0.394 e. The van der Waals surface area contributed by atoms with Gasteiger partial charge in [0.2, 0.25) is 0 Å². The van der Waals surface area contributed by atoms with Crippen LogP contribution >= 0.6 is 0 Å². The number of hydrogen-bond donors (Lipinski definition) is 12. The SMILES string of the molecule is COC1(CCC(C)CO[C@@H]2O[C@H](CO)[C@@H](O)[C@H](O)[C@H]2O)OC2CC3C4CC=C5CC(O[C@@H]6O[C@H](CO)[C@H](O[C@@H]7O[C@H](CO)[C@@H](O)[C@@H](O)[C@H]7O)[C@@H](O)[C@H]6O)CC(O)C5(C)C4CCC3(C)C2[C@@H]1C. The van der Waals surface area contributed by atoms with Gasteiger partial charge in [0, 0.05) is 31.3 Å². The first-order chi connectivity index (χ1) is 31.3. The lowest BCUT2D eigenvalue weighted by molar-refractivity contribution is -0.363. The van der Waals surface area contributed by atoms with Gasteiger partial charge in [-0.15, -0.1) is 0 Å². The van der Waals surface area contributed by atoms with Crippen LogP contribution in [0.4, 0.5) is 0 Å². The van der Waals surface area contributed by atoms with Gasteiger partial charge in [-0.2, -0.15) is 0 Å². The van der Waals surface area contributed by atoms with E-state index < -0.39 is 135 Å². The van der Waals surface area contributed by atoms with Crippen LogP contribution in [0.25, 0.3) is 0 Å². The van der Waals surface area contributed by atoms with Crippen LogP contribution in [0.15, 0.2) is 11.6 Å². The molecule has 7 fully saturated rings. The number of hydrogen-bond acceptors (Lipinski definition) is 20. The maximum atomic E-state index is 12.1. The van der Waals surface area contributed by atoms with Crippen molar-refractivity contribution >= 4 is 0 Å². The van der Waals surface area contributed by atoms with Crippen molar-refractivity contribution in [1.29, 1.82) is 0 Å². The van der Waals surface area contributed by atoms with Crippen LogP contribution in [0.3, 0.4) is 0 Å². The molecule has 0 aromatic heterocycles. The fourth-order valence-corrected chi connectivity index (χ4v) is 13.9. The molecule has 4 aliphatic heterocycles. The summed E-state index contributed by atoms with van der Waals surface area (Å²) in [7, 11) is 1.70. The van der Waals surface area contributed by atoms with Crippen molar-refractivity contribution < 1.29 is 99.2 Å². The van der Waals surface area contributed by atoms with E-state index >= 15 is 0 Å².